The quantitative estimate of drug-likeness (QED) is 0.787. The lowest BCUT2D eigenvalue weighted by Gasteiger charge is -2.09. The van der Waals surface area contributed by atoms with Gasteiger partial charge in [-0.15, -0.1) is 0 Å². The molecule has 0 aliphatic heterocycles. The number of benzene rings is 2. The maximum Gasteiger partial charge on any atom is 0.338 e. The SMILES string of the molecule is COc1cc(C(=O)OCC(=O)NCCc2ccccc2C)ccc1C. The van der Waals surface area contributed by atoms with E-state index < -0.39 is 5.97 Å². The molecule has 2 aromatic carbocycles. The molecule has 0 aliphatic rings. The summed E-state index contributed by atoms with van der Waals surface area (Å²) in [6.45, 7) is 4.12. The van der Waals surface area contributed by atoms with Crippen LogP contribution in [0.15, 0.2) is 42.5 Å². The maximum atomic E-state index is 12.0. The summed E-state index contributed by atoms with van der Waals surface area (Å²) in [7, 11) is 1.54. The molecule has 132 valence electrons. The minimum absolute atomic E-state index is 0.303. The number of carbonyl (C=O) groups is 2. The minimum atomic E-state index is -0.549. The first-order valence-electron chi connectivity index (χ1n) is 8.14. The first kappa shape index (κ1) is 18.5. The van der Waals surface area contributed by atoms with E-state index in [0.29, 0.717) is 17.9 Å². The van der Waals surface area contributed by atoms with Crippen molar-refractivity contribution in [3.63, 3.8) is 0 Å². The first-order chi connectivity index (χ1) is 12.0. The van der Waals surface area contributed by atoms with E-state index in [1.54, 1.807) is 25.3 Å². The molecule has 5 heteroatoms. The summed E-state index contributed by atoms with van der Waals surface area (Å²) < 4.78 is 10.2. The summed E-state index contributed by atoms with van der Waals surface area (Å²) in [5, 5.41) is 2.76. The van der Waals surface area contributed by atoms with Gasteiger partial charge in [0.1, 0.15) is 5.75 Å². The topological polar surface area (TPSA) is 64.6 Å². The van der Waals surface area contributed by atoms with Crippen molar-refractivity contribution in [2.45, 2.75) is 20.3 Å². The first-order valence-corrected chi connectivity index (χ1v) is 8.14. The fourth-order valence-electron chi connectivity index (χ4n) is 2.44. The van der Waals surface area contributed by atoms with Crippen molar-refractivity contribution in [3.8, 4) is 5.75 Å². The third-order valence-corrected chi connectivity index (χ3v) is 3.96. The highest BCUT2D eigenvalue weighted by Gasteiger charge is 2.12. The molecule has 0 unspecified atom stereocenters. The Balaban J connectivity index is 1.78. The summed E-state index contributed by atoms with van der Waals surface area (Å²) in [5.74, 6) is -0.259. The van der Waals surface area contributed by atoms with Crippen molar-refractivity contribution in [1.82, 2.24) is 5.32 Å². The Morgan fingerprint density at radius 2 is 1.80 bits per heavy atom. The number of hydrogen-bond acceptors (Lipinski definition) is 4. The molecule has 0 saturated carbocycles. The van der Waals surface area contributed by atoms with Crippen LogP contribution in [0, 0.1) is 13.8 Å². The molecule has 2 aromatic rings. The molecule has 0 aliphatic carbocycles. The lowest BCUT2D eigenvalue weighted by atomic mass is 10.1. The molecule has 0 atom stereocenters. The molecule has 0 radical (unpaired) electrons. The van der Waals surface area contributed by atoms with Gasteiger partial charge in [-0.2, -0.15) is 0 Å². The van der Waals surface area contributed by atoms with E-state index in [4.69, 9.17) is 9.47 Å². The van der Waals surface area contributed by atoms with E-state index in [2.05, 4.69) is 5.32 Å². The summed E-state index contributed by atoms with van der Waals surface area (Å²) in [6.07, 6.45) is 0.738. The number of hydrogen-bond donors (Lipinski definition) is 1. The standard InChI is InChI=1S/C20H23NO4/c1-14-6-4-5-7-16(14)10-11-21-19(22)13-25-20(23)17-9-8-15(2)18(12-17)24-3/h4-9,12H,10-11,13H2,1-3H3,(H,21,22). The number of aryl methyl sites for hydroxylation is 2. The molecule has 0 saturated heterocycles. The van der Waals surface area contributed by atoms with Gasteiger partial charge in [-0.25, -0.2) is 4.79 Å². The molecule has 2 rings (SSSR count). The number of rotatable bonds is 7. The fraction of sp³-hybridized carbons (Fsp3) is 0.300. The van der Waals surface area contributed by atoms with Crippen LogP contribution in [0.5, 0.6) is 5.75 Å². The molecule has 0 spiro atoms. The third kappa shape index (κ3) is 5.35. The van der Waals surface area contributed by atoms with Crippen LogP contribution in [-0.2, 0) is 16.0 Å². The second-order valence-corrected chi connectivity index (χ2v) is 5.79. The zero-order valence-electron chi connectivity index (χ0n) is 14.8. The van der Waals surface area contributed by atoms with Crippen molar-refractivity contribution < 1.29 is 19.1 Å². The molecule has 25 heavy (non-hydrogen) atoms. The van der Waals surface area contributed by atoms with Gasteiger partial charge in [0.15, 0.2) is 6.61 Å². The van der Waals surface area contributed by atoms with Gasteiger partial charge in [-0.3, -0.25) is 4.79 Å². The predicted molar refractivity (Wildman–Crippen MR) is 95.9 cm³/mol. The second-order valence-electron chi connectivity index (χ2n) is 5.79. The molecule has 0 aromatic heterocycles. The van der Waals surface area contributed by atoms with Crippen molar-refractivity contribution in [1.29, 1.82) is 0 Å². The number of carbonyl (C=O) groups excluding carboxylic acids is 2. The number of ether oxygens (including phenoxy) is 2. The van der Waals surface area contributed by atoms with E-state index >= 15 is 0 Å². The highest BCUT2D eigenvalue weighted by atomic mass is 16.5. The molecule has 5 nitrogen and oxygen atoms in total. The highest BCUT2D eigenvalue weighted by Crippen LogP contribution is 2.19. The lowest BCUT2D eigenvalue weighted by Crippen LogP contribution is -2.30. The zero-order chi connectivity index (χ0) is 18.2. The van der Waals surface area contributed by atoms with Crippen molar-refractivity contribution in [2.75, 3.05) is 20.3 Å². The Kier molecular flexibility index (Phi) is 6.57. The normalized spacial score (nSPS) is 10.2. The van der Waals surface area contributed by atoms with E-state index in [0.717, 1.165) is 12.0 Å². The highest BCUT2D eigenvalue weighted by molar-refractivity contribution is 5.91. The molecular weight excluding hydrogens is 318 g/mol. The molecule has 0 bridgehead atoms. The maximum absolute atomic E-state index is 12.0. The average molecular weight is 341 g/mol. The van der Waals surface area contributed by atoms with Crippen LogP contribution >= 0.6 is 0 Å². The summed E-state index contributed by atoms with van der Waals surface area (Å²) >= 11 is 0. The van der Waals surface area contributed by atoms with Gasteiger partial charge in [0, 0.05) is 6.54 Å². The monoisotopic (exact) mass is 341 g/mol. The average Bonchev–Trinajstić information content (AvgIpc) is 2.61. The van der Waals surface area contributed by atoms with Gasteiger partial charge in [0.2, 0.25) is 0 Å². The molecular formula is C20H23NO4. The Morgan fingerprint density at radius 1 is 1.04 bits per heavy atom. The van der Waals surface area contributed by atoms with Crippen LogP contribution in [-0.4, -0.2) is 32.1 Å². The number of nitrogens with one attached hydrogen (secondary N) is 1. The molecule has 0 fully saturated rings. The number of esters is 1. The van der Waals surface area contributed by atoms with E-state index in [1.807, 2.05) is 38.1 Å². The van der Waals surface area contributed by atoms with Crippen molar-refractivity contribution >= 4 is 11.9 Å². The zero-order valence-corrected chi connectivity index (χ0v) is 14.8. The van der Waals surface area contributed by atoms with Crippen molar-refractivity contribution in [2.24, 2.45) is 0 Å². The summed E-state index contributed by atoms with van der Waals surface area (Å²) in [4.78, 5) is 23.8. The largest absolute Gasteiger partial charge is 0.496 e. The Hall–Kier alpha value is -2.82. The molecule has 1 N–H and O–H groups in total. The fourth-order valence-corrected chi connectivity index (χ4v) is 2.44. The predicted octanol–water partition coefficient (Wildman–Crippen LogP) is 2.83. The van der Waals surface area contributed by atoms with Crippen molar-refractivity contribution in [3.05, 3.63) is 64.7 Å². The van der Waals surface area contributed by atoms with E-state index in [-0.39, 0.29) is 12.5 Å². The third-order valence-electron chi connectivity index (χ3n) is 3.96. The smallest absolute Gasteiger partial charge is 0.338 e. The van der Waals surface area contributed by atoms with Crippen LogP contribution in [0.2, 0.25) is 0 Å². The van der Waals surface area contributed by atoms with Gasteiger partial charge in [0.25, 0.3) is 5.91 Å². The van der Waals surface area contributed by atoms with Crippen LogP contribution in [0.3, 0.4) is 0 Å². The van der Waals surface area contributed by atoms with Gasteiger partial charge in [0.05, 0.1) is 12.7 Å². The Morgan fingerprint density at radius 3 is 2.52 bits per heavy atom. The van der Waals surface area contributed by atoms with Crippen LogP contribution in [0.4, 0.5) is 0 Å². The minimum Gasteiger partial charge on any atom is -0.496 e. The van der Waals surface area contributed by atoms with Gasteiger partial charge in [-0.05, 0) is 49.1 Å². The van der Waals surface area contributed by atoms with Crippen LogP contribution in [0.1, 0.15) is 27.0 Å². The van der Waals surface area contributed by atoms with Gasteiger partial charge >= 0.3 is 5.97 Å². The van der Waals surface area contributed by atoms with E-state index in [9.17, 15) is 9.59 Å². The van der Waals surface area contributed by atoms with Crippen LogP contribution < -0.4 is 10.1 Å². The van der Waals surface area contributed by atoms with Gasteiger partial charge < -0.3 is 14.8 Å². The van der Waals surface area contributed by atoms with Gasteiger partial charge in [-0.1, -0.05) is 30.3 Å². The second kappa shape index (κ2) is 8.87. The van der Waals surface area contributed by atoms with E-state index in [1.165, 1.54) is 11.1 Å². The summed E-state index contributed by atoms with van der Waals surface area (Å²) in [5.41, 5.74) is 3.66. The summed E-state index contributed by atoms with van der Waals surface area (Å²) in [6, 6.07) is 13.1. The van der Waals surface area contributed by atoms with Crippen LogP contribution in [0.25, 0.3) is 0 Å². The number of amides is 1. The Bertz CT molecular complexity index is 755. The molecule has 1 amide bonds. The Labute approximate surface area is 148 Å². The number of methoxy groups -OCH3 is 1. The molecule has 0 heterocycles. The lowest BCUT2D eigenvalue weighted by molar-refractivity contribution is -0.124.